The molecule has 0 radical (unpaired) electrons. The Bertz CT molecular complexity index is 606. The van der Waals surface area contributed by atoms with Crippen molar-refractivity contribution in [1.82, 2.24) is 0 Å². The SMILES string of the molecule is O=C(OC(=O)c1ccc(Cl)cc1)c1ccc(Cl)cc1.O=N[O-].[Na+]. The summed E-state index contributed by atoms with van der Waals surface area (Å²) in [5.41, 5.74) is 0.512. The zero-order chi connectivity index (χ0) is 16.5. The van der Waals surface area contributed by atoms with Gasteiger partial charge >= 0.3 is 41.5 Å². The molecule has 2 aromatic rings. The van der Waals surface area contributed by atoms with Crippen LogP contribution in [0.5, 0.6) is 0 Å². The molecule has 2 rings (SSSR count). The maximum atomic E-state index is 11.7. The molecule has 0 N–H and O–H groups in total. The molecule has 0 aliphatic heterocycles. The van der Waals surface area contributed by atoms with Crippen LogP contribution in [0, 0.1) is 10.1 Å². The number of ether oxygens (including phenoxy) is 1. The second kappa shape index (κ2) is 11.2. The second-order valence-electron chi connectivity index (χ2n) is 3.77. The van der Waals surface area contributed by atoms with E-state index in [1.807, 2.05) is 0 Å². The Morgan fingerprint density at radius 2 is 1.09 bits per heavy atom. The Hall–Kier alpha value is -1.44. The van der Waals surface area contributed by atoms with Crippen molar-refractivity contribution < 1.29 is 43.9 Å². The molecule has 23 heavy (non-hydrogen) atoms. The van der Waals surface area contributed by atoms with Crippen molar-refractivity contribution in [2.75, 3.05) is 0 Å². The molecule has 0 fully saturated rings. The second-order valence-corrected chi connectivity index (χ2v) is 4.64. The summed E-state index contributed by atoms with van der Waals surface area (Å²) in [7, 11) is 0. The average molecular weight is 364 g/mol. The van der Waals surface area contributed by atoms with Crippen molar-refractivity contribution in [2.45, 2.75) is 0 Å². The molecule has 0 amide bonds. The van der Waals surface area contributed by atoms with Crippen LogP contribution in [0.25, 0.3) is 0 Å². The van der Waals surface area contributed by atoms with E-state index in [1.54, 1.807) is 24.3 Å². The fourth-order valence-electron chi connectivity index (χ4n) is 1.37. The number of carbonyl (C=O) groups excluding carboxylic acids is 2. The fraction of sp³-hybridized carbons (Fsp3) is 0. The van der Waals surface area contributed by atoms with Gasteiger partial charge in [-0.05, 0) is 48.5 Å². The van der Waals surface area contributed by atoms with Crippen LogP contribution in [0.4, 0.5) is 0 Å². The number of benzene rings is 2. The smallest absolute Gasteiger partial charge is 0.444 e. The number of esters is 2. The standard InChI is InChI=1S/C14H8Cl2O3.HNO2.Na/c15-11-5-1-9(2-6-11)13(17)19-14(18)10-3-7-12(16)8-4-10;2-1-3;/h1-8H;(H,2,3);/q;;+1/p-1. The number of hydrogen-bond acceptors (Lipinski definition) is 6. The minimum Gasteiger partial charge on any atom is -0.444 e. The molecule has 2 aromatic carbocycles. The predicted octanol–water partition coefficient (Wildman–Crippen LogP) is 1.25. The topological polar surface area (TPSA) is 95.9 Å². The van der Waals surface area contributed by atoms with E-state index in [-0.39, 0.29) is 40.7 Å². The van der Waals surface area contributed by atoms with Gasteiger partial charge in [0.05, 0.1) is 11.1 Å². The molecule has 9 heteroatoms. The van der Waals surface area contributed by atoms with Gasteiger partial charge in [-0.3, -0.25) is 0 Å². The molecule has 0 saturated heterocycles. The fourth-order valence-corrected chi connectivity index (χ4v) is 1.63. The molecule has 0 spiro atoms. The van der Waals surface area contributed by atoms with Crippen LogP contribution < -0.4 is 29.6 Å². The summed E-state index contributed by atoms with van der Waals surface area (Å²) in [5.74, 6) is -1.45. The first kappa shape index (κ1) is 21.6. The normalized spacial score (nSPS) is 8.78. The van der Waals surface area contributed by atoms with E-state index < -0.39 is 11.9 Å². The summed E-state index contributed by atoms with van der Waals surface area (Å²) in [6.45, 7) is 0. The van der Waals surface area contributed by atoms with Gasteiger partial charge in [0.15, 0.2) is 0 Å². The molecule has 0 aliphatic carbocycles. The van der Waals surface area contributed by atoms with E-state index in [0.29, 0.717) is 10.0 Å². The molecule has 6 nitrogen and oxygen atoms in total. The summed E-state index contributed by atoms with van der Waals surface area (Å²) in [5, 5.41) is 10.0. The average Bonchev–Trinajstić information content (AvgIpc) is 2.49. The van der Waals surface area contributed by atoms with Crippen LogP contribution in [0.3, 0.4) is 0 Å². The molecule has 114 valence electrons. The molecule has 0 atom stereocenters. The number of hydrogen-bond donors (Lipinski definition) is 0. The maximum absolute atomic E-state index is 11.7. The first-order valence-corrected chi connectivity index (χ1v) is 6.46. The van der Waals surface area contributed by atoms with Crippen LogP contribution in [-0.4, -0.2) is 11.9 Å². The predicted molar refractivity (Wildman–Crippen MR) is 81.8 cm³/mol. The van der Waals surface area contributed by atoms with Gasteiger partial charge < -0.3 is 14.9 Å². The first-order chi connectivity index (χ1) is 10.5. The number of rotatable bonds is 2. The van der Waals surface area contributed by atoms with Crippen molar-refractivity contribution in [3.8, 4) is 0 Å². The van der Waals surface area contributed by atoms with Gasteiger partial charge in [-0.15, -0.1) is 5.34 Å². The summed E-state index contributed by atoms with van der Waals surface area (Å²) in [4.78, 5) is 31.4. The molecular formula is C14H8Cl2NNaO5. The minimum atomic E-state index is -0.725. The van der Waals surface area contributed by atoms with Gasteiger partial charge in [0.1, 0.15) is 0 Å². The summed E-state index contributed by atoms with van der Waals surface area (Å²) < 4.78 is 4.74. The molecule has 0 heterocycles. The third-order valence-corrected chi connectivity index (χ3v) is 2.85. The van der Waals surface area contributed by atoms with Crippen molar-refractivity contribution >= 4 is 35.1 Å². The van der Waals surface area contributed by atoms with Crippen LogP contribution in [0.2, 0.25) is 10.0 Å². The van der Waals surface area contributed by atoms with Gasteiger partial charge in [0.2, 0.25) is 0 Å². The van der Waals surface area contributed by atoms with Crippen LogP contribution in [0.15, 0.2) is 53.9 Å². The molecule has 0 aliphatic rings. The Morgan fingerprint density at radius 1 is 0.826 bits per heavy atom. The zero-order valence-electron chi connectivity index (χ0n) is 11.9. The van der Waals surface area contributed by atoms with Gasteiger partial charge in [0.25, 0.3) is 0 Å². The third-order valence-electron chi connectivity index (χ3n) is 2.35. The number of nitrogens with zero attached hydrogens (tertiary/aromatic N) is 1. The van der Waals surface area contributed by atoms with Gasteiger partial charge in [0, 0.05) is 10.0 Å². The third kappa shape index (κ3) is 7.58. The van der Waals surface area contributed by atoms with Crippen LogP contribution in [0.1, 0.15) is 20.7 Å². The molecule has 0 aromatic heterocycles. The number of halogens is 2. The van der Waals surface area contributed by atoms with E-state index in [9.17, 15) is 9.59 Å². The van der Waals surface area contributed by atoms with E-state index in [2.05, 4.69) is 0 Å². The summed E-state index contributed by atoms with van der Waals surface area (Å²) in [6.07, 6.45) is 0. The molecule has 0 bridgehead atoms. The van der Waals surface area contributed by atoms with Gasteiger partial charge in [-0.25, -0.2) is 9.59 Å². The van der Waals surface area contributed by atoms with Crippen molar-refractivity contribution in [3.63, 3.8) is 0 Å². The van der Waals surface area contributed by atoms with Crippen molar-refractivity contribution in [1.29, 1.82) is 0 Å². The van der Waals surface area contributed by atoms with Crippen LogP contribution >= 0.6 is 23.2 Å². The van der Waals surface area contributed by atoms with Crippen molar-refractivity contribution in [2.24, 2.45) is 5.34 Å². The van der Waals surface area contributed by atoms with Crippen molar-refractivity contribution in [3.05, 3.63) is 79.8 Å². The van der Waals surface area contributed by atoms with E-state index in [4.69, 9.17) is 38.1 Å². The molecule has 0 unspecified atom stereocenters. The van der Waals surface area contributed by atoms with Gasteiger partial charge in [-0.1, -0.05) is 23.2 Å². The summed E-state index contributed by atoms with van der Waals surface area (Å²) in [6, 6.07) is 12.1. The monoisotopic (exact) mass is 363 g/mol. The quantitative estimate of drug-likeness (QED) is 0.263. The minimum absolute atomic E-state index is 0. The Balaban J connectivity index is 0.00000112. The molecular weight excluding hydrogens is 356 g/mol. The number of carbonyl (C=O) groups is 2. The summed E-state index contributed by atoms with van der Waals surface area (Å²) >= 11 is 11.4. The van der Waals surface area contributed by atoms with Gasteiger partial charge in [-0.2, -0.15) is 0 Å². The van der Waals surface area contributed by atoms with Crippen LogP contribution in [-0.2, 0) is 4.74 Å². The van der Waals surface area contributed by atoms with E-state index in [0.717, 1.165) is 5.34 Å². The van der Waals surface area contributed by atoms with E-state index >= 15 is 0 Å². The van der Waals surface area contributed by atoms with E-state index in [1.165, 1.54) is 24.3 Å². The zero-order valence-corrected chi connectivity index (χ0v) is 15.4. The Kier molecular flexibility index (Phi) is 10.5. The Labute approximate surface area is 163 Å². The Morgan fingerprint density at radius 3 is 1.35 bits per heavy atom. The largest absolute Gasteiger partial charge is 1.00 e. The maximum Gasteiger partial charge on any atom is 1.00 e. The molecule has 0 saturated carbocycles. The first-order valence-electron chi connectivity index (χ1n) is 5.70.